The fourth-order valence-corrected chi connectivity index (χ4v) is 1.57. The summed E-state index contributed by atoms with van der Waals surface area (Å²) in [5, 5.41) is 15.5. The molecule has 2 rings (SSSR count). The van der Waals surface area contributed by atoms with E-state index < -0.39 is 5.97 Å². The van der Waals surface area contributed by atoms with Crippen LogP contribution < -0.4 is 0 Å². The van der Waals surface area contributed by atoms with Crippen LogP contribution in [0.25, 0.3) is 0 Å². The number of rotatable bonds is 6. The van der Waals surface area contributed by atoms with Crippen LogP contribution in [0.5, 0.6) is 0 Å². The van der Waals surface area contributed by atoms with Crippen molar-refractivity contribution in [1.82, 2.24) is 29.8 Å². The average Bonchev–Trinajstić information content (AvgIpc) is 2.98. The van der Waals surface area contributed by atoms with Crippen LogP contribution >= 0.6 is 0 Å². The Morgan fingerprint density at radius 1 is 1.35 bits per heavy atom. The third kappa shape index (κ3) is 2.99. The minimum absolute atomic E-state index is 0.185. The summed E-state index contributed by atoms with van der Waals surface area (Å²) in [5.74, 6) is 0.209. The second kappa shape index (κ2) is 6.24. The van der Waals surface area contributed by atoms with Crippen molar-refractivity contribution in [3.8, 4) is 0 Å². The summed E-state index contributed by atoms with van der Waals surface area (Å²) in [6, 6.07) is 0. The molecule has 2 aromatic heterocycles. The summed E-state index contributed by atoms with van der Waals surface area (Å²) in [6.07, 6.45) is 1.60. The molecule has 0 fully saturated rings. The van der Waals surface area contributed by atoms with Gasteiger partial charge in [-0.2, -0.15) is 0 Å². The first-order chi connectivity index (χ1) is 9.63. The Kier molecular flexibility index (Phi) is 4.41. The van der Waals surface area contributed by atoms with E-state index in [2.05, 4.69) is 20.5 Å². The van der Waals surface area contributed by atoms with Crippen molar-refractivity contribution in [2.45, 2.75) is 13.5 Å². The summed E-state index contributed by atoms with van der Waals surface area (Å²) < 4.78 is 13.2. The number of carbonyl (C=O) groups excluding carboxylic acids is 1. The highest BCUT2D eigenvalue weighted by Gasteiger charge is 2.18. The van der Waals surface area contributed by atoms with Crippen molar-refractivity contribution in [3.05, 3.63) is 23.5 Å². The highest BCUT2D eigenvalue weighted by molar-refractivity contribution is 5.88. The van der Waals surface area contributed by atoms with Crippen LogP contribution in [0, 0.1) is 6.92 Å². The quantitative estimate of drug-likeness (QED) is 0.523. The number of esters is 1. The van der Waals surface area contributed by atoms with Gasteiger partial charge in [-0.15, -0.1) is 15.3 Å². The molecule has 0 aliphatic heterocycles. The molecule has 0 amide bonds. The Labute approximate surface area is 115 Å². The zero-order valence-electron chi connectivity index (χ0n) is 11.6. The smallest absolute Gasteiger partial charge is 0.360 e. The molecule has 2 heterocycles. The van der Waals surface area contributed by atoms with Crippen molar-refractivity contribution in [3.63, 3.8) is 0 Å². The van der Waals surface area contributed by atoms with E-state index in [9.17, 15) is 4.79 Å². The summed E-state index contributed by atoms with van der Waals surface area (Å²) in [7, 11) is 3.37. The topological polar surface area (TPSA) is 97.0 Å². The van der Waals surface area contributed by atoms with Crippen molar-refractivity contribution in [2.24, 2.45) is 7.05 Å². The Hall–Kier alpha value is -2.29. The van der Waals surface area contributed by atoms with E-state index in [0.29, 0.717) is 18.8 Å². The lowest BCUT2D eigenvalue weighted by Gasteiger charge is -2.04. The Morgan fingerprint density at radius 3 is 2.80 bits per heavy atom. The van der Waals surface area contributed by atoms with Crippen molar-refractivity contribution < 1.29 is 14.3 Å². The molecule has 0 aliphatic rings. The van der Waals surface area contributed by atoms with Gasteiger partial charge in [0.05, 0.1) is 12.3 Å². The van der Waals surface area contributed by atoms with Gasteiger partial charge >= 0.3 is 5.97 Å². The minimum atomic E-state index is -0.510. The van der Waals surface area contributed by atoms with E-state index in [1.165, 1.54) is 7.11 Å². The lowest BCUT2D eigenvalue weighted by atomic mass is 10.3. The van der Waals surface area contributed by atoms with Gasteiger partial charge in [-0.25, -0.2) is 9.48 Å². The molecule has 108 valence electrons. The number of hydrogen-bond donors (Lipinski definition) is 0. The standard InChI is InChI=1S/C11H16N6O3/c1-8-10(11(18)20-5-4-19-3)14-15-17(8)6-9-13-12-7-16(9)2/h7H,4-6H2,1-3H3. The third-order valence-electron chi connectivity index (χ3n) is 2.79. The number of nitrogens with zero attached hydrogens (tertiary/aromatic N) is 6. The Morgan fingerprint density at radius 2 is 2.15 bits per heavy atom. The number of aromatic nitrogens is 6. The number of methoxy groups -OCH3 is 1. The second-order valence-corrected chi connectivity index (χ2v) is 4.17. The maximum atomic E-state index is 11.8. The lowest BCUT2D eigenvalue weighted by Crippen LogP contribution is -2.13. The highest BCUT2D eigenvalue weighted by atomic mass is 16.6. The Bertz CT molecular complexity index is 591. The van der Waals surface area contributed by atoms with E-state index in [1.807, 2.05) is 7.05 Å². The molecule has 0 unspecified atom stereocenters. The molecule has 0 atom stereocenters. The van der Waals surface area contributed by atoms with Gasteiger partial charge in [0.15, 0.2) is 11.5 Å². The van der Waals surface area contributed by atoms with Gasteiger partial charge in [-0.05, 0) is 6.92 Å². The molecule has 0 N–H and O–H groups in total. The monoisotopic (exact) mass is 280 g/mol. The number of ether oxygens (including phenoxy) is 2. The van der Waals surface area contributed by atoms with Crippen molar-refractivity contribution in [2.75, 3.05) is 20.3 Å². The number of aryl methyl sites for hydroxylation is 1. The van der Waals surface area contributed by atoms with E-state index in [0.717, 1.165) is 5.82 Å². The lowest BCUT2D eigenvalue weighted by molar-refractivity contribution is 0.0380. The van der Waals surface area contributed by atoms with Crippen LogP contribution in [0.1, 0.15) is 22.0 Å². The van der Waals surface area contributed by atoms with Crippen LogP contribution in [0.15, 0.2) is 6.33 Å². The molecule has 20 heavy (non-hydrogen) atoms. The molecular formula is C11H16N6O3. The van der Waals surface area contributed by atoms with Gasteiger partial charge in [-0.1, -0.05) is 5.21 Å². The highest BCUT2D eigenvalue weighted by Crippen LogP contribution is 2.07. The van der Waals surface area contributed by atoms with Crippen LogP contribution in [0.4, 0.5) is 0 Å². The van der Waals surface area contributed by atoms with E-state index >= 15 is 0 Å². The van der Waals surface area contributed by atoms with Crippen LogP contribution in [0.3, 0.4) is 0 Å². The molecule has 0 saturated heterocycles. The molecule has 0 radical (unpaired) electrons. The van der Waals surface area contributed by atoms with Crippen molar-refractivity contribution >= 4 is 5.97 Å². The SMILES string of the molecule is COCCOC(=O)c1nnn(Cc2nncn2C)c1C. The zero-order chi connectivity index (χ0) is 14.5. The van der Waals surface area contributed by atoms with Crippen LogP contribution in [-0.2, 0) is 23.1 Å². The second-order valence-electron chi connectivity index (χ2n) is 4.17. The third-order valence-corrected chi connectivity index (χ3v) is 2.79. The summed E-state index contributed by atoms with van der Waals surface area (Å²) in [4.78, 5) is 11.8. The first-order valence-electron chi connectivity index (χ1n) is 6.02. The molecule has 2 aromatic rings. The summed E-state index contributed by atoms with van der Waals surface area (Å²) in [5.41, 5.74) is 0.818. The number of carbonyl (C=O) groups is 1. The first-order valence-corrected chi connectivity index (χ1v) is 6.02. The predicted octanol–water partition coefficient (Wildman–Crippen LogP) is -0.433. The fraction of sp³-hybridized carbons (Fsp3) is 0.545. The van der Waals surface area contributed by atoms with E-state index in [1.54, 1.807) is 22.5 Å². The van der Waals surface area contributed by atoms with Gasteiger partial charge in [-0.3, -0.25) is 0 Å². The summed E-state index contributed by atoms with van der Waals surface area (Å²) >= 11 is 0. The maximum absolute atomic E-state index is 11.8. The molecule has 0 aromatic carbocycles. The zero-order valence-corrected chi connectivity index (χ0v) is 11.6. The predicted molar refractivity (Wildman–Crippen MR) is 67.0 cm³/mol. The molecular weight excluding hydrogens is 264 g/mol. The van der Waals surface area contributed by atoms with Gasteiger partial charge in [0.25, 0.3) is 0 Å². The van der Waals surface area contributed by atoms with E-state index in [4.69, 9.17) is 9.47 Å². The molecule has 0 bridgehead atoms. The van der Waals surface area contributed by atoms with Crippen molar-refractivity contribution in [1.29, 1.82) is 0 Å². The normalized spacial score (nSPS) is 10.8. The molecule has 9 heteroatoms. The van der Waals surface area contributed by atoms with Gasteiger partial charge in [0.1, 0.15) is 19.5 Å². The molecule has 0 saturated carbocycles. The number of hydrogen-bond acceptors (Lipinski definition) is 7. The van der Waals surface area contributed by atoms with Crippen LogP contribution in [-0.4, -0.2) is 56.1 Å². The van der Waals surface area contributed by atoms with Crippen LogP contribution in [0.2, 0.25) is 0 Å². The van der Waals surface area contributed by atoms with Gasteiger partial charge in [0, 0.05) is 14.2 Å². The first kappa shape index (κ1) is 14.1. The molecule has 0 spiro atoms. The average molecular weight is 280 g/mol. The fourth-order valence-electron chi connectivity index (χ4n) is 1.57. The molecule has 9 nitrogen and oxygen atoms in total. The maximum Gasteiger partial charge on any atom is 0.360 e. The minimum Gasteiger partial charge on any atom is -0.458 e. The van der Waals surface area contributed by atoms with Gasteiger partial charge < -0.3 is 14.0 Å². The Balaban J connectivity index is 2.07. The largest absolute Gasteiger partial charge is 0.458 e. The van der Waals surface area contributed by atoms with Gasteiger partial charge in [0.2, 0.25) is 0 Å². The summed E-state index contributed by atoms with van der Waals surface area (Å²) in [6.45, 7) is 2.67. The molecule has 0 aliphatic carbocycles. The van der Waals surface area contributed by atoms with E-state index in [-0.39, 0.29) is 12.3 Å².